The standard InChI is InChI=1S/C19H18Cl2N4O2/c1-11-5-6-13(10-25(11)19(26)12-3-2-4-14(20)7-12)18-23-17(24-27-18)16-8-15(21)9-22-16/h2-4,7-9,11,13,22H,5-6,10H2,1H3. The number of aromatic amines is 1. The molecule has 1 amide bonds. The molecule has 3 aromatic rings. The molecular weight excluding hydrogens is 387 g/mol. The number of aromatic nitrogens is 3. The minimum absolute atomic E-state index is 0.00369. The SMILES string of the molecule is CC1CCC(c2nc(-c3cc(Cl)c[nH]3)no2)CN1C(=O)c1cccc(Cl)c1. The monoisotopic (exact) mass is 404 g/mol. The lowest BCUT2D eigenvalue weighted by molar-refractivity contribution is 0.0593. The first-order valence-corrected chi connectivity index (χ1v) is 9.51. The molecular formula is C19H18Cl2N4O2. The van der Waals surface area contributed by atoms with Crippen molar-refractivity contribution in [3.05, 3.63) is 58.0 Å². The third kappa shape index (κ3) is 3.73. The molecule has 1 N–H and O–H groups in total. The van der Waals surface area contributed by atoms with Crippen molar-refractivity contribution in [3.63, 3.8) is 0 Å². The fraction of sp³-hybridized carbons (Fsp3) is 0.316. The number of halogens is 2. The Hall–Kier alpha value is -2.31. The van der Waals surface area contributed by atoms with E-state index in [2.05, 4.69) is 22.0 Å². The maximum Gasteiger partial charge on any atom is 0.254 e. The lowest BCUT2D eigenvalue weighted by Gasteiger charge is -2.36. The maximum absolute atomic E-state index is 12.9. The molecule has 1 saturated heterocycles. The minimum Gasteiger partial charge on any atom is -0.357 e. The van der Waals surface area contributed by atoms with Crippen molar-refractivity contribution in [3.8, 4) is 11.5 Å². The number of likely N-dealkylation sites (tertiary alicyclic amines) is 1. The average Bonchev–Trinajstić information content (AvgIpc) is 3.30. The van der Waals surface area contributed by atoms with Crippen LogP contribution in [0.25, 0.3) is 11.5 Å². The van der Waals surface area contributed by atoms with Gasteiger partial charge in [0.1, 0.15) is 0 Å². The van der Waals surface area contributed by atoms with E-state index in [-0.39, 0.29) is 17.9 Å². The van der Waals surface area contributed by atoms with Gasteiger partial charge in [-0.25, -0.2) is 0 Å². The number of hydrogen-bond donors (Lipinski definition) is 1. The zero-order chi connectivity index (χ0) is 19.0. The highest BCUT2D eigenvalue weighted by molar-refractivity contribution is 6.31. The molecule has 8 heteroatoms. The molecule has 27 heavy (non-hydrogen) atoms. The summed E-state index contributed by atoms with van der Waals surface area (Å²) in [6, 6.07) is 8.90. The van der Waals surface area contributed by atoms with Crippen LogP contribution in [0.3, 0.4) is 0 Å². The van der Waals surface area contributed by atoms with Gasteiger partial charge in [-0.3, -0.25) is 4.79 Å². The predicted molar refractivity (Wildman–Crippen MR) is 103 cm³/mol. The number of piperidine rings is 1. The number of carbonyl (C=O) groups excluding carboxylic acids is 1. The summed E-state index contributed by atoms with van der Waals surface area (Å²) in [7, 11) is 0. The molecule has 0 spiro atoms. The van der Waals surface area contributed by atoms with E-state index >= 15 is 0 Å². The van der Waals surface area contributed by atoms with Crippen LogP contribution in [-0.2, 0) is 0 Å². The molecule has 1 aromatic carbocycles. The molecule has 2 aromatic heterocycles. The number of rotatable bonds is 3. The van der Waals surface area contributed by atoms with Crippen molar-refractivity contribution in [2.75, 3.05) is 6.54 Å². The molecule has 3 heterocycles. The summed E-state index contributed by atoms with van der Waals surface area (Å²) < 4.78 is 5.47. The molecule has 6 nitrogen and oxygen atoms in total. The Bertz CT molecular complexity index is 968. The second-order valence-electron chi connectivity index (χ2n) is 6.78. The van der Waals surface area contributed by atoms with Crippen molar-refractivity contribution in [1.82, 2.24) is 20.0 Å². The third-order valence-electron chi connectivity index (χ3n) is 4.89. The molecule has 1 aliphatic heterocycles. The summed E-state index contributed by atoms with van der Waals surface area (Å²) in [4.78, 5) is 22.3. The molecule has 0 aliphatic carbocycles. The maximum atomic E-state index is 12.9. The minimum atomic E-state index is -0.0365. The zero-order valence-corrected chi connectivity index (χ0v) is 16.2. The van der Waals surface area contributed by atoms with Crippen molar-refractivity contribution in [2.45, 2.75) is 31.7 Å². The topological polar surface area (TPSA) is 75.0 Å². The van der Waals surface area contributed by atoms with Gasteiger partial charge in [0.25, 0.3) is 5.91 Å². The number of nitrogens with one attached hydrogen (secondary N) is 1. The molecule has 0 radical (unpaired) electrons. The van der Waals surface area contributed by atoms with Gasteiger partial charge in [-0.05, 0) is 44.0 Å². The summed E-state index contributed by atoms with van der Waals surface area (Å²) >= 11 is 12.0. The Labute approximate surface area is 166 Å². The highest BCUT2D eigenvalue weighted by atomic mass is 35.5. The summed E-state index contributed by atoms with van der Waals surface area (Å²) in [5.41, 5.74) is 1.29. The highest BCUT2D eigenvalue weighted by Gasteiger charge is 2.33. The summed E-state index contributed by atoms with van der Waals surface area (Å²) in [5.74, 6) is 0.955. The zero-order valence-electron chi connectivity index (χ0n) is 14.7. The highest BCUT2D eigenvalue weighted by Crippen LogP contribution is 2.31. The van der Waals surface area contributed by atoms with Crippen LogP contribution < -0.4 is 0 Å². The lowest BCUT2D eigenvalue weighted by Crippen LogP contribution is -2.44. The van der Waals surface area contributed by atoms with Gasteiger partial charge in [-0.1, -0.05) is 34.4 Å². The van der Waals surface area contributed by atoms with E-state index in [4.69, 9.17) is 27.7 Å². The molecule has 2 atom stereocenters. The number of benzene rings is 1. The van der Waals surface area contributed by atoms with E-state index in [1.165, 1.54) is 0 Å². The fourth-order valence-electron chi connectivity index (χ4n) is 3.39. The van der Waals surface area contributed by atoms with Crippen LogP contribution in [0, 0.1) is 0 Å². The van der Waals surface area contributed by atoms with E-state index in [9.17, 15) is 4.79 Å². The van der Waals surface area contributed by atoms with Crippen molar-refractivity contribution in [2.24, 2.45) is 0 Å². The smallest absolute Gasteiger partial charge is 0.254 e. The van der Waals surface area contributed by atoms with E-state index in [1.807, 2.05) is 4.90 Å². The molecule has 1 fully saturated rings. The van der Waals surface area contributed by atoms with E-state index in [0.717, 1.165) is 12.8 Å². The Morgan fingerprint density at radius 3 is 2.85 bits per heavy atom. The van der Waals surface area contributed by atoms with Gasteiger partial charge >= 0.3 is 0 Å². The lowest BCUT2D eigenvalue weighted by atomic mass is 9.92. The molecule has 4 rings (SSSR count). The fourth-order valence-corrected chi connectivity index (χ4v) is 3.74. The van der Waals surface area contributed by atoms with Gasteiger partial charge in [0.15, 0.2) is 0 Å². The van der Waals surface area contributed by atoms with Gasteiger partial charge in [-0.2, -0.15) is 4.98 Å². The van der Waals surface area contributed by atoms with Crippen LogP contribution in [0.5, 0.6) is 0 Å². The van der Waals surface area contributed by atoms with E-state index in [1.54, 1.807) is 36.5 Å². The van der Waals surface area contributed by atoms with Crippen molar-refractivity contribution in [1.29, 1.82) is 0 Å². The van der Waals surface area contributed by atoms with Gasteiger partial charge in [0.2, 0.25) is 11.7 Å². The van der Waals surface area contributed by atoms with E-state index in [0.29, 0.717) is 39.6 Å². The normalized spacial score (nSPS) is 20.0. The van der Waals surface area contributed by atoms with Crippen molar-refractivity contribution >= 4 is 29.1 Å². The van der Waals surface area contributed by atoms with Crippen LogP contribution in [0.1, 0.15) is 41.9 Å². The number of hydrogen-bond acceptors (Lipinski definition) is 4. The first-order valence-electron chi connectivity index (χ1n) is 8.75. The van der Waals surface area contributed by atoms with Gasteiger partial charge in [-0.15, -0.1) is 0 Å². The molecule has 0 bridgehead atoms. The summed E-state index contributed by atoms with van der Waals surface area (Å²) in [6.07, 6.45) is 3.41. The Morgan fingerprint density at radius 1 is 1.26 bits per heavy atom. The van der Waals surface area contributed by atoms with Crippen molar-refractivity contribution < 1.29 is 9.32 Å². The quantitative estimate of drug-likeness (QED) is 0.681. The molecule has 1 aliphatic rings. The molecule has 0 saturated carbocycles. The van der Waals surface area contributed by atoms with Crippen LogP contribution >= 0.6 is 23.2 Å². The molecule has 2 unspecified atom stereocenters. The largest absolute Gasteiger partial charge is 0.357 e. The first kappa shape index (κ1) is 18.1. The summed E-state index contributed by atoms with van der Waals surface area (Å²) in [6.45, 7) is 2.58. The number of nitrogens with zero attached hydrogens (tertiary/aromatic N) is 3. The third-order valence-corrected chi connectivity index (χ3v) is 5.35. The first-order chi connectivity index (χ1) is 13.0. The Morgan fingerprint density at radius 2 is 2.11 bits per heavy atom. The Balaban J connectivity index is 1.54. The Kier molecular flexibility index (Phi) is 4.93. The number of carbonyl (C=O) groups is 1. The number of amides is 1. The van der Waals surface area contributed by atoms with Crippen LogP contribution in [0.2, 0.25) is 10.0 Å². The predicted octanol–water partition coefficient (Wildman–Crippen LogP) is 4.78. The second-order valence-corrected chi connectivity index (χ2v) is 7.65. The van der Waals surface area contributed by atoms with Gasteiger partial charge in [0.05, 0.1) is 16.6 Å². The van der Waals surface area contributed by atoms with E-state index < -0.39 is 0 Å². The number of H-pyrrole nitrogens is 1. The van der Waals surface area contributed by atoms with Crippen LogP contribution in [0.4, 0.5) is 0 Å². The average molecular weight is 405 g/mol. The van der Waals surface area contributed by atoms with Crippen LogP contribution in [-0.4, -0.2) is 38.5 Å². The van der Waals surface area contributed by atoms with Gasteiger partial charge < -0.3 is 14.4 Å². The van der Waals surface area contributed by atoms with Crippen LogP contribution in [0.15, 0.2) is 41.1 Å². The second kappa shape index (κ2) is 7.37. The van der Waals surface area contributed by atoms with Gasteiger partial charge in [0, 0.05) is 29.4 Å². The summed E-state index contributed by atoms with van der Waals surface area (Å²) in [5, 5.41) is 5.17. The molecule has 140 valence electrons.